The minimum absolute atomic E-state index is 0.296. The minimum Gasteiger partial charge on any atom is -0.391 e. The molecule has 0 aromatic carbocycles. The van der Waals surface area contributed by atoms with Crippen LogP contribution >= 0.6 is 0 Å². The largest absolute Gasteiger partial charge is 0.391 e. The van der Waals surface area contributed by atoms with Crippen LogP contribution in [0.1, 0.15) is 33.6 Å². The molecular weight excluding hydrogens is 268 g/mol. The normalized spacial score (nSPS) is 18.7. The van der Waals surface area contributed by atoms with Gasteiger partial charge in [0.1, 0.15) is 0 Å². The standard InChI is InChI=1S/C14H26N6O/c1-4-15-12-16-13(19(5-2)6-3)18-14(17-12)20-9-7-8-11(21)10-20/h11,21H,4-10H2,1-3H3,(H,15,16,17,18). The second-order valence-electron chi connectivity index (χ2n) is 5.20. The van der Waals surface area contributed by atoms with E-state index in [1.54, 1.807) is 0 Å². The summed E-state index contributed by atoms with van der Waals surface area (Å²) in [5.41, 5.74) is 0. The monoisotopic (exact) mass is 294 g/mol. The highest BCUT2D eigenvalue weighted by atomic mass is 16.3. The van der Waals surface area contributed by atoms with E-state index in [1.807, 2.05) is 11.8 Å². The zero-order valence-electron chi connectivity index (χ0n) is 13.2. The Balaban J connectivity index is 2.30. The Morgan fingerprint density at radius 1 is 1.24 bits per heavy atom. The van der Waals surface area contributed by atoms with Crippen molar-refractivity contribution in [1.82, 2.24) is 15.0 Å². The van der Waals surface area contributed by atoms with Crippen LogP contribution in [0.4, 0.5) is 17.8 Å². The van der Waals surface area contributed by atoms with Crippen LogP contribution in [0.2, 0.25) is 0 Å². The molecular formula is C14H26N6O. The van der Waals surface area contributed by atoms with Crippen molar-refractivity contribution in [1.29, 1.82) is 0 Å². The van der Waals surface area contributed by atoms with Crippen LogP contribution in [-0.2, 0) is 0 Å². The lowest BCUT2D eigenvalue weighted by Crippen LogP contribution is -2.39. The van der Waals surface area contributed by atoms with Crippen molar-refractivity contribution in [2.75, 3.05) is 47.8 Å². The molecule has 1 fully saturated rings. The molecule has 0 amide bonds. The lowest BCUT2D eigenvalue weighted by atomic mass is 10.1. The Morgan fingerprint density at radius 2 is 2.00 bits per heavy atom. The number of hydrogen-bond donors (Lipinski definition) is 2. The van der Waals surface area contributed by atoms with Gasteiger partial charge in [-0.3, -0.25) is 0 Å². The number of nitrogens with one attached hydrogen (secondary N) is 1. The SMILES string of the molecule is CCNc1nc(N(CC)CC)nc(N2CCCC(O)C2)n1. The van der Waals surface area contributed by atoms with Gasteiger partial charge in [-0.05, 0) is 33.6 Å². The van der Waals surface area contributed by atoms with Gasteiger partial charge in [-0.1, -0.05) is 0 Å². The van der Waals surface area contributed by atoms with Crippen LogP contribution in [0.25, 0.3) is 0 Å². The average molecular weight is 294 g/mol. The Kier molecular flexibility index (Phi) is 5.55. The number of β-amino-alcohol motifs (C(OH)–C–C–N with tert-alkyl or cyclic N) is 1. The van der Waals surface area contributed by atoms with Crippen LogP contribution in [0, 0.1) is 0 Å². The molecule has 0 radical (unpaired) electrons. The molecule has 7 nitrogen and oxygen atoms in total. The summed E-state index contributed by atoms with van der Waals surface area (Å²) < 4.78 is 0. The molecule has 1 aliphatic rings. The van der Waals surface area contributed by atoms with Crippen LogP contribution in [0.5, 0.6) is 0 Å². The summed E-state index contributed by atoms with van der Waals surface area (Å²) in [5, 5.41) is 13.0. The Bertz CT molecular complexity index is 451. The van der Waals surface area contributed by atoms with Crippen LogP contribution in [0.3, 0.4) is 0 Å². The van der Waals surface area contributed by atoms with Crippen molar-refractivity contribution in [2.24, 2.45) is 0 Å². The summed E-state index contributed by atoms with van der Waals surface area (Å²) in [6.07, 6.45) is 1.52. The predicted molar refractivity (Wildman–Crippen MR) is 85.0 cm³/mol. The second kappa shape index (κ2) is 7.40. The molecule has 1 aromatic rings. The van der Waals surface area contributed by atoms with E-state index >= 15 is 0 Å². The van der Waals surface area contributed by atoms with E-state index in [4.69, 9.17) is 0 Å². The molecule has 118 valence electrons. The first-order chi connectivity index (χ1) is 10.2. The third-order valence-electron chi connectivity index (χ3n) is 3.67. The van der Waals surface area contributed by atoms with Gasteiger partial charge in [0.15, 0.2) is 0 Å². The molecule has 1 unspecified atom stereocenters. The lowest BCUT2D eigenvalue weighted by Gasteiger charge is -2.31. The number of rotatable bonds is 6. The zero-order chi connectivity index (χ0) is 15.2. The molecule has 1 aliphatic heterocycles. The average Bonchev–Trinajstić information content (AvgIpc) is 2.49. The van der Waals surface area contributed by atoms with Gasteiger partial charge in [0.05, 0.1) is 6.10 Å². The molecule has 2 N–H and O–H groups in total. The van der Waals surface area contributed by atoms with Crippen LogP contribution < -0.4 is 15.1 Å². The van der Waals surface area contributed by atoms with E-state index in [-0.39, 0.29) is 6.10 Å². The molecule has 2 rings (SSSR count). The van der Waals surface area contributed by atoms with E-state index in [2.05, 4.69) is 39.0 Å². The first-order valence-electron chi connectivity index (χ1n) is 7.85. The first-order valence-corrected chi connectivity index (χ1v) is 7.85. The van der Waals surface area contributed by atoms with E-state index in [0.717, 1.165) is 39.0 Å². The number of piperidine rings is 1. The zero-order valence-corrected chi connectivity index (χ0v) is 13.2. The van der Waals surface area contributed by atoms with E-state index in [1.165, 1.54) is 0 Å². The van der Waals surface area contributed by atoms with Crippen molar-refractivity contribution >= 4 is 17.8 Å². The maximum atomic E-state index is 9.85. The van der Waals surface area contributed by atoms with Gasteiger partial charge in [-0.15, -0.1) is 0 Å². The van der Waals surface area contributed by atoms with Gasteiger partial charge in [-0.2, -0.15) is 15.0 Å². The van der Waals surface area contributed by atoms with Crippen molar-refractivity contribution in [3.63, 3.8) is 0 Å². The maximum absolute atomic E-state index is 9.85. The summed E-state index contributed by atoms with van der Waals surface area (Å²) in [5.74, 6) is 1.95. The van der Waals surface area contributed by atoms with Crippen molar-refractivity contribution in [2.45, 2.75) is 39.7 Å². The maximum Gasteiger partial charge on any atom is 0.232 e. The van der Waals surface area contributed by atoms with Gasteiger partial charge in [-0.25, -0.2) is 0 Å². The quantitative estimate of drug-likeness (QED) is 0.813. The number of aliphatic hydroxyl groups is 1. The predicted octanol–water partition coefficient (Wildman–Crippen LogP) is 1.11. The lowest BCUT2D eigenvalue weighted by molar-refractivity contribution is 0.153. The van der Waals surface area contributed by atoms with Gasteiger partial charge >= 0.3 is 0 Å². The molecule has 0 spiro atoms. The topological polar surface area (TPSA) is 77.4 Å². The number of nitrogens with zero attached hydrogens (tertiary/aromatic N) is 5. The smallest absolute Gasteiger partial charge is 0.232 e. The number of aromatic nitrogens is 3. The number of hydrogen-bond acceptors (Lipinski definition) is 7. The Hall–Kier alpha value is -1.63. The van der Waals surface area contributed by atoms with Crippen LogP contribution in [0.15, 0.2) is 0 Å². The molecule has 21 heavy (non-hydrogen) atoms. The van der Waals surface area contributed by atoms with E-state index in [9.17, 15) is 5.11 Å². The molecule has 7 heteroatoms. The second-order valence-corrected chi connectivity index (χ2v) is 5.20. The highest BCUT2D eigenvalue weighted by Crippen LogP contribution is 2.20. The Labute approximate surface area is 126 Å². The third kappa shape index (κ3) is 3.93. The highest BCUT2D eigenvalue weighted by Gasteiger charge is 2.22. The van der Waals surface area contributed by atoms with E-state index in [0.29, 0.717) is 24.4 Å². The summed E-state index contributed by atoms with van der Waals surface area (Å²) in [6, 6.07) is 0. The number of anilines is 3. The van der Waals surface area contributed by atoms with Gasteiger partial charge in [0.2, 0.25) is 17.8 Å². The van der Waals surface area contributed by atoms with Gasteiger partial charge < -0.3 is 20.2 Å². The van der Waals surface area contributed by atoms with E-state index < -0.39 is 0 Å². The molecule has 1 atom stereocenters. The van der Waals surface area contributed by atoms with Crippen molar-refractivity contribution in [3.05, 3.63) is 0 Å². The molecule has 2 heterocycles. The number of aliphatic hydroxyl groups excluding tert-OH is 1. The van der Waals surface area contributed by atoms with Crippen LogP contribution in [-0.4, -0.2) is 58.9 Å². The fourth-order valence-electron chi connectivity index (χ4n) is 2.52. The van der Waals surface area contributed by atoms with Gasteiger partial charge in [0, 0.05) is 32.7 Å². The summed E-state index contributed by atoms with van der Waals surface area (Å²) in [7, 11) is 0. The molecule has 1 aromatic heterocycles. The molecule has 1 saturated heterocycles. The summed E-state index contributed by atoms with van der Waals surface area (Å²) >= 11 is 0. The van der Waals surface area contributed by atoms with Crippen molar-refractivity contribution < 1.29 is 5.11 Å². The highest BCUT2D eigenvalue weighted by molar-refractivity contribution is 5.45. The molecule has 0 aliphatic carbocycles. The van der Waals surface area contributed by atoms with Gasteiger partial charge in [0.25, 0.3) is 0 Å². The Morgan fingerprint density at radius 3 is 2.62 bits per heavy atom. The molecule has 0 saturated carbocycles. The third-order valence-corrected chi connectivity index (χ3v) is 3.67. The first kappa shape index (κ1) is 15.8. The fraction of sp³-hybridized carbons (Fsp3) is 0.786. The minimum atomic E-state index is -0.296. The molecule has 0 bridgehead atoms. The summed E-state index contributed by atoms with van der Waals surface area (Å²) in [4.78, 5) is 17.7. The van der Waals surface area contributed by atoms with Crippen molar-refractivity contribution in [3.8, 4) is 0 Å². The summed E-state index contributed by atoms with van der Waals surface area (Å²) in [6.45, 7) is 10.1. The fourth-order valence-corrected chi connectivity index (χ4v) is 2.52.